The second-order valence-electron chi connectivity index (χ2n) is 3.86. The van der Waals surface area contributed by atoms with Crippen molar-refractivity contribution in [2.45, 2.75) is 6.42 Å². The molecule has 0 saturated heterocycles. The Balaban J connectivity index is 2.21. The predicted molar refractivity (Wildman–Crippen MR) is 63.9 cm³/mol. The van der Waals surface area contributed by atoms with Gasteiger partial charge in [-0.25, -0.2) is 8.78 Å². The molecular weight excluding hydrogens is 252 g/mol. The van der Waals surface area contributed by atoms with Crippen LogP contribution >= 0.6 is 0 Å². The zero-order chi connectivity index (χ0) is 13.8. The van der Waals surface area contributed by atoms with E-state index in [0.717, 1.165) is 18.2 Å². The molecule has 19 heavy (non-hydrogen) atoms. The van der Waals surface area contributed by atoms with Gasteiger partial charge in [-0.1, -0.05) is 6.07 Å². The van der Waals surface area contributed by atoms with E-state index in [1.165, 1.54) is 18.5 Å². The highest BCUT2D eigenvalue weighted by Gasteiger charge is 2.20. The van der Waals surface area contributed by atoms with E-state index in [0.29, 0.717) is 0 Å². The number of aromatic nitrogens is 1. The summed E-state index contributed by atoms with van der Waals surface area (Å²) in [6.45, 7) is 0. The topological polar surface area (TPSA) is 47.0 Å². The average molecular weight is 261 g/mol. The summed E-state index contributed by atoms with van der Waals surface area (Å²) in [5.74, 6) is -3.35. The van der Waals surface area contributed by atoms with Gasteiger partial charge in [0.1, 0.15) is 11.6 Å². The summed E-state index contributed by atoms with van der Waals surface area (Å²) < 4.78 is 26.7. The Morgan fingerprint density at radius 1 is 1.00 bits per heavy atom. The minimum atomic E-state index is -0.969. The van der Waals surface area contributed by atoms with Crippen LogP contribution in [0.5, 0.6) is 0 Å². The molecule has 5 heteroatoms. The van der Waals surface area contributed by atoms with Crippen molar-refractivity contribution in [3.05, 3.63) is 65.5 Å². The third kappa shape index (κ3) is 2.88. The summed E-state index contributed by atoms with van der Waals surface area (Å²) in [5.41, 5.74) is -0.452. The first kappa shape index (κ1) is 13.0. The van der Waals surface area contributed by atoms with Crippen molar-refractivity contribution >= 4 is 11.6 Å². The number of ketones is 2. The number of halogens is 2. The first-order chi connectivity index (χ1) is 9.09. The lowest BCUT2D eigenvalue weighted by Gasteiger charge is -2.03. The zero-order valence-electron chi connectivity index (χ0n) is 9.77. The van der Waals surface area contributed by atoms with Gasteiger partial charge in [0.2, 0.25) is 0 Å². The van der Waals surface area contributed by atoms with Crippen molar-refractivity contribution < 1.29 is 18.4 Å². The molecule has 0 atom stereocenters. The van der Waals surface area contributed by atoms with Gasteiger partial charge < -0.3 is 0 Å². The van der Waals surface area contributed by atoms with Crippen LogP contribution in [0.25, 0.3) is 0 Å². The average Bonchev–Trinajstić information content (AvgIpc) is 2.39. The lowest BCUT2D eigenvalue weighted by Crippen LogP contribution is -2.12. The number of Topliss-reactive ketones (excluding diaryl/α,β-unsaturated/α-hetero) is 2. The molecule has 0 N–H and O–H groups in total. The number of hydrogen-bond donors (Lipinski definition) is 0. The van der Waals surface area contributed by atoms with Crippen LogP contribution < -0.4 is 0 Å². The molecule has 1 heterocycles. The number of rotatable bonds is 4. The lowest BCUT2D eigenvalue weighted by atomic mass is 10.0. The molecule has 0 bridgehead atoms. The largest absolute Gasteiger partial charge is 0.294 e. The molecule has 0 spiro atoms. The van der Waals surface area contributed by atoms with Gasteiger partial charge >= 0.3 is 0 Å². The van der Waals surface area contributed by atoms with Crippen LogP contribution in [0.1, 0.15) is 27.1 Å². The molecule has 3 nitrogen and oxygen atoms in total. The van der Waals surface area contributed by atoms with Crippen LogP contribution in [0, 0.1) is 11.6 Å². The van der Waals surface area contributed by atoms with Gasteiger partial charge in [0, 0.05) is 18.0 Å². The molecule has 0 unspecified atom stereocenters. The van der Waals surface area contributed by atoms with E-state index in [4.69, 9.17) is 0 Å². The van der Waals surface area contributed by atoms with Crippen molar-refractivity contribution in [2.24, 2.45) is 0 Å². The Labute approximate surface area is 107 Å². The highest BCUT2D eigenvalue weighted by molar-refractivity contribution is 6.13. The zero-order valence-corrected chi connectivity index (χ0v) is 9.77. The van der Waals surface area contributed by atoms with Gasteiger partial charge in [-0.3, -0.25) is 14.6 Å². The molecule has 0 aliphatic rings. The van der Waals surface area contributed by atoms with E-state index < -0.39 is 35.2 Å². The van der Waals surface area contributed by atoms with Crippen LogP contribution in [0.15, 0.2) is 42.7 Å². The van der Waals surface area contributed by atoms with Crippen LogP contribution in [0.4, 0.5) is 8.78 Å². The molecule has 1 aromatic carbocycles. The smallest absolute Gasteiger partial charge is 0.176 e. The molecular formula is C14H9F2NO2. The minimum Gasteiger partial charge on any atom is -0.294 e. The summed E-state index contributed by atoms with van der Waals surface area (Å²) in [7, 11) is 0. The van der Waals surface area contributed by atoms with E-state index in [9.17, 15) is 18.4 Å². The van der Waals surface area contributed by atoms with Crippen molar-refractivity contribution in [3.63, 3.8) is 0 Å². The Morgan fingerprint density at radius 2 is 1.68 bits per heavy atom. The number of carbonyl (C=O) groups excluding carboxylic acids is 2. The van der Waals surface area contributed by atoms with Crippen molar-refractivity contribution in [3.8, 4) is 0 Å². The summed E-state index contributed by atoms with van der Waals surface area (Å²) >= 11 is 0. The number of benzene rings is 1. The lowest BCUT2D eigenvalue weighted by molar-refractivity contribution is 0.0890. The maximum atomic E-state index is 13.4. The minimum absolute atomic E-state index is 0.229. The summed E-state index contributed by atoms with van der Waals surface area (Å²) in [6.07, 6.45) is 2.19. The van der Waals surface area contributed by atoms with Crippen molar-refractivity contribution in [1.82, 2.24) is 4.98 Å². The van der Waals surface area contributed by atoms with E-state index in [-0.39, 0.29) is 5.56 Å². The van der Waals surface area contributed by atoms with Crippen LogP contribution in [-0.4, -0.2) is 16.6 Å². The number of hydrogen-bond acceptors (Lipinski definition) is 3. The fraction of sp³-hybridized carbons (Fsp3) is 0.0714. The normalized spacial score (nSPS) is 10.2. The molecule has 0 aliphatic heterocycles. The molecule has 0 saturated carbocycles. The van der Waals surface area contributed by atoms with Gasteiger partial charge in [-0.2, -0.15) is 0 Å². The van der Waals surface area contributed by atoms with Gasteiger partial charge in [-0.05, 0) is 24.3 Å². The molecule has 0 fully saturated rings. The van der Waals surface area contributed by atoms with Crippen molar-refractivity contribution in [2.75, 3.05) is 0 Å². The standard InChI is InChI=1S/C14H9F2NO2/c15-10-4-1-5-11(16)14(10)13(19)7-12(18)9-3-2-6-17-8-9/h1-6,8H,7H2. The van der Waals surface area contributed by atoms with Gasteiger partial charge in [-0.15, -0.1) is 0 Å². The third-order valence-electron chi connectivity index (χ3n) is 2.55. The van der Waals surface area contributed by atoms with Gasteiger partial charge in [0.25, 0.3) is 0 Å². The summed E-state index contributed by atoms with van der Waals surface area (Å²) in [5, 5.41) is 0. The van der Waals surface area contributed by atoms with E-state index in [1.54, 1.807) is 6.07 Å². The molecule has 2 rings (SSSR count). The Hall–Kier alpha value is -2.43. The number of nitrogens with zero attached hydrogens (tertiary/aromatic N) is 1. The first-order valence-electron chi connectivity index (χ1n) is 5.50. The Bertz CT molecular complexity index is 606. The van der Waals surface area contributed by atoms with E-state index in [1.807, 2.05) is 0 Å². The SMILES string of the molecule is O=C(CC(=O)c1c(F)cccc1F)c1cccnc1. The quantitative estimate of drug-likeness (QED) is 0.628. The molecule has 0 aliphatic carbocycles. The molecule has 2 aromatic rings. The molecule has 1 aromatic heterocycles. The van der Waals surface area contributed by atoms with E-state index in [2.05, 4.69) is 4.98 Å². The third-order valence-corrected chi connectivity index (χ3v) is 2.55. The fourth-order valence-corrected chi connectivity index (χ4v) is 1.63. The molecule has 96 valence electrons. The Morgan fingerprint density at radius 3 is 2.26 bits per heavy atom. The van der Waals surface area contributed by atoms with Crippen LogP contribution in [-0.2, 0) is 0 Å². The van der Waals surface area contributed by atoms with Crippen LogP contribution in [0.2, 0.25) is 0 Å². The summed E-state index contributed by atoms with van der Waals surface area (Å²) in [4.78, 5) is 27.2. The maximum absolute atomic E-state index is 13.4. The predicted octanol–water partition coefficient (Wildman–Crippen LogP) is 2.82. The second-order valence-corrected chi connectivity index (χ2v) is 3.86. The van der Waals surface area contributed by atoms with Gasteiger partial charge in [0.15, 0.2) is 11.6 Å². The summed E-state index contributed by atoms with van der Waals surface area (Å²) in [6, 6.07) is 6.14. The molecule has 0 amide bonds. The Kier molecular flexibility index (Phi) is 3.75. The first-order valence-corrected chi connectivity index (χ1v) is 5.50. The monoisotopic (exact) mass is 261 g/mol. The second kappa shape index (κ2) is 5.48. The van der Waals surface area contributed by atoms with Crippen LogP contribution in [0.3, 0.4) is 0 Å². The highest BCUT2D eigenvalue weighted by Crippen LogP contribution is 2.15. The fourth-order valence-electron chi connectivity index (χ4n) is 1.63. The maximum Gasteiger partial charge on any atom is 0.176 e. The highest BCUT2D eigenvalue weighted by atomic mass is 19.1. The number of pyridine rings is 1. The van der Waals surface area contributed by atoms with E-state index >= 15 is 0 Å². The number of carbonyl (C=O) groups is 2. The van der Waals surface area contributed by atoms with Crippen molar-refractivity contribution in [1.29, 1.82) is 0 Å². The molecule has 0 radical (unpaired) electrons. The van der Waals surface area contributed by atoms with Gasteiger partial charge in [0.05, 0.1) is 12.0 Å².